The Kier molecular flexibility index (Phi) is 3.00. The molecule has 0 spiro atoms. The number of benzene rings is 1. The van der Waals surface area contributed by atoms with Gasteiger partial charge >= 0.3 is 5.97 Å². The summed E-state index contributed by atoms with van der Waals surface area (Å²) in [7, 11) is 1.69. The molecule has 1 amide bonds. The zero-order valence-corrected chi connectivity index (χ0v) is 12.7. The Balaban J connectivity index is 2.40. The van der Waals surface area contributed by atoms with Crippen molar-refractivity contribution in [2.24, 2.45) is 0 Å². The zero-order chi connectivity index (χ0) is 14.4. The number of aromatic nitrogens is 2. The molecular formula is C13H10IN3O3. The van der Waals surface area contributed by atoms with E-state index in [1.807, 2.05) is 22.6 Å². The van der Waals surface area contributed by atoms with E-state index in [1.54, 1.807) is 40.8 Å². The normalized spacial score (nSPS) is 13.7. The number of imidazole rings is 1. The minimum absolute atomic E-state index is 0.0695. The molecule has 20 heavy (non-hydrogen) atoms. The van der Waals surface area contributed by atoms with Crippen LogP contribution < -0.4 is 0 Å². The van der Waals surface area contributed by atoms with Crippen LogP contribution in [0.15, 0.2) is 24.3 Å². The maximum absolute atomic E-state index is 12.3. The van der Waals surface area contributed by atoms with Crippen LogP contribution in [0, 0.1) is 3.70 Å². The van der Waals surface area contributed by atoms with Crippen molar-refractivity contribution in [2.45, 2.75) is 6.54 Å². The van der Waals surface area contributed by atoms with Crippen LogP contribution in [0.1, 0.15) is 26.7 Å². The van der Waals surface area contributed by atoms with E-state index in [0.717, 1.165) is 0 Å². The first-order valence-corrected chi connectivity index (χ1v) is 6.94. The molecule has 1 aromatic heterocycles. The molecule has 6 nitrogen and oxygen atoms in total. The molecule has 0 radical (unpaired) electrons. The fourth-order valence-electron chi connectivity index (χ4n) is 2.32. The number of amides is 1. The molecule has 1 N–H and O–H groups in total. The van der Waals surface area contributed by atoms with Gasteiger partial charge < -0.3 is 10.0 Å². The van der Waals surface area contributed by atoms with Gasteiger partial charge in [-0.15, -0.1) is 0 Å². The van der Waals surface area contributed by atoms with Crippen molar-refractivity contribution in [2.75, 3.05) is 7.05 Å². The summed E-state index contributed by atoms with van der Waals surface area (Å²) in [6.45, 7) is 0.325. The molecule has 3 rings (SSSR count). The van der Waals surface area contributed by atoms with E-state index < -0.39 is 5.97 Å². The highest BCUT2D eigenvalue weighted by Gasteiger charge is 2.29. The van der Waals surface area contributed by atoms with Gasteiger partial charge in [0.05, 0.1) is 23.5 Å². The number of halogens is 1. The minimum Gasteiger partial charge on any atom is -0.475 e. The highest BCUT2D eigenvalue weighted by molar-refractivity contribution is 14.1. The number of carboxylic acids is 1. The van der Waals surface area contributed by atoms with E-state index in [0.29, 0.717) is 27.2 Å². The van der Waals surface area contributed by atoms with Crippen molar-refractivity contribution in [1.82, 2.24) is 14.5 Å². The van der Waals surface area contributed by atoms with Crippen LogP contribution in [0.5, 0.6) is 0 Å². The van der Waals surface area contributed by atoms with Crippen LogP contribution in [0.3, 0.4) is 0 Å². The number of aromatic carboxylic acids is 1. The fourth-order valence-corrected chi connectivity index (χ4v) is 2.96. The Bertz CT molecular complexity index is 738. The fraction of sp³-hybridized carbons (Fsp3) is 0.154. The van der Waals surface area contributed by atoms with Gasteiger partial charge in [-0.2, -0.15) is 0 Å². The van der Waals surface area contributed by atoms with Crippen LogP contribution in [0.2, 0.25) is 0 Å². The summed E-state index contributed by atoms with van der Waals surface area (Å²) in [6.07, 6.45) is 0. The number of carboxylic acid groups (broad SMARTS) is 1. The number of hydrogen-bond donors (Lipinski definition) is 1. The number of hydrogen-bond acceptors (Lipinski definition) is 3. The van der Waals surface area contributed by atoms with Crippen LogP contribution in [-0.4, -0.2) is 38.5 Å². The molecule has 2 aromatic rings. The average Bonchev–Trinajstić information content (AvgIpc) is 2.70. The van der Waals surface area contributed by atoms with Crippen molar-refractivity contribution < 1.29 is 14.7 Å². The average molecular weight is 383 g/mol. The van der Waals surface area contributed by atoms with Crippen molar-refractivity contribution in [3.63, 3.8) is 0 Å². The van der Waals surface area contributed by atoms with Gasteiger partial charge in [0, 0.05) is 7.05 Å². The largest absolute Gasteiger partial charge is 0.475 e. The molecule has 0 unspecified atom stereocenters. The summed E-state index contributed by atoms with van der Waals surface area (Å²) in [5.41, 5.74) is 1.75. The Labute approximate surface area is 128 Å². The molecule has 7 heteroatoms. The Hall–Kier alpha value is -1.90. The summed E-state index contributed by atoms with van der Waals surface area (Å²) >= 11 is 2.00. The third-order valence-electron chi connectivity index (χ3n) is 3.22. The van der Waals surface area contributed by atoms with Gasteiger partial charge in [-0.05, 0) is 34.7 Å². The molecule has 1 aliphatic rings. The van der Waals surface area contributed by atoms with Crippen LogP contribution in [0.25, 0.3) is 5.69 Å². The second-order valence-electron chi connectivity index (χ2n) is 4.49. The van der Waals surface area contributed by atoms with Crippen molar-refractivity contribution in [3.05, 3.63) is 45.0 Å². The monoisotopic (exact) mass is 383 g/mol. The van der Waals surface area contributed by atoms with E-state index in [4.69, 9.17) is 0 Å². The van der Waals surface area contributed by atoms with Gasteiger partial charge in [0.2, 0.25) is 5.82 Å². The van der Waals surface area contributed by atoms with Gasteiger partial charge in [-0.25, -0.2) is 9.78 Å². The number of para-hydroxylation sites is 1. The SMILES string of the molecule is CN1Cc2c(I)nc(C(=O)O)n2-c2ccccc2C1=O. The van der Waals surface area contributed by atoms with Gasteiger partial charge in [-0.1, -0.05) is 12.1 Å². The highest BCUT2D eigenvalue weighted by Crippen LogP contribution is 2.28. The van der Waals surface area contributed by atoms with Crippen LogP contribution >= 0.6 is 22.6 Å². The number of rotatable bonds is 1. The predicted octanol–water partition coefficient (Wildman–Crippen LogP) is 1.76. The molecule has 2 heterocycles. The molecule has 0 saturated heterocycles. The summed E-state index contributed by atoms with van der Waals surface area (Å²) in [5, 5.41) is 9.32. The third kappa shape index (κ3) is 1.80. The molecule has 0 aliphatic carbocycles. The predicted molar refractivity (Wildman–Crippen MR) is 79.0 cm³/mol. The maximum Gasteiger partial charge on any atom is 0.372 e. The lowest BCUT2D eigenvalue weighted by Gasteiger charge is -2.13. The third-order valence-corrected chi connectivity index (χ3v) is 4.09. The Morgan fingerprint density at radius 3 is 2.80 bits per heavy atom. The first-order chi connectivity index (χ1) is 9.50. The maximum atomic E-state index is 12.3. The molecule has 0 atom stereocenters. The van der Waals surface area contributed by atoms with Crippen molar-refractivity contribution >= 4 is 34.5 Å². The molecule has 0 bridgehead atoms. The second-order valence-corrected chi connectivity index (χ2v) is 5.51. The van der Waals surface area contributed by atoms with E-state index in [-0.39, 0.29) is 11.7 Å². The number of fused-ring (bicyclic) bond motifs is 3. The molecule has 1 aromatic carbocycles. The summed E-state index contributed by atoms with van der Waals surface area (Å²) < 4.78 is 2.15. The highest BCUT2D eigenvalue weighted by atomic mass is 127. The van der Waals surface area contributed by atoms with Crippen molar-refractivity contribution in [3.8, 4) is 5.69 Å². The molecule has 102 valence electrons. The minimum atomic E-state index is -1.11. The molecule has 1 aliphatic heterocycles. The van der Waals surface area contributed by atoms with Gasteiger partial charge in [0.25, 0.3) is 5.91 Å². The molecule has 0 saturated carbocycles. The van der Waals surface area contributed by atoms with E-state index >= 15 is 0 Å². The lowest BCUT2D eigenvalue weighted by atomic mass is 10.1. The summed E-state index contributed by atoms with van der Waals surface area (Å²) in [4.78, 5) is 29.4. The first kappa shape index (κ1) is 13.1. The van der Waals surface area contributed by atoms with Gasteiger partial charge in [0.15, 0.2) is 0 Å². The smallest absolute Gasteiger partial charge is 0.372 e. The lowest BCUT2D eigenvalue weighted by molar-refractivity contribution is 0.0680. The lowest BCUT2D eigenvalue weighted by Crippen LogP contribution is -2.25. The molecular weight excluding hydrogens is 373 g/mol. The van der Waals surface area contributed by atoms with Crippen molar-refractivity contribution in [1.29, 1.82) is 0 Å². The quantitative estimate of drug-likeness (QED) is 0.762. The molecule has 0 fully saturated rings. The number of nitrogens with zero attached hydrogens (tertiary/aromatic N) is 3. The first-order valence-electron chi connectivity index (χ1n) is 5.86. The van der Waals surface area contributed by atoms with E-state index in [2.05, 4.69) is 4.98 Å². The second kappa shape index (κ2) is 4.58. The van der Waals surface area contributed by atoms with Gasteiger partial charge in [0.1, 0.15) is 3.70 Å². The zero-order valence-electron chi connectivity index (χ0n) is 10.5. The number of carbonyl (C=O) groups is 2. The standard InChI is InChI=1S/C13H10IN3O3/c1-16-6-9-10(14)15-11(13(19)20)17(9)8-5-3-2-4-7(8)12(16)18/h2-5H,6H2,1H3,(H,19,20). The summed E-state index contributed by atoms with van der Waals surface area (Å²) in [5.74, 6) is -1.31. The topological polar surface area (TPSA) is 75.4 Å². The number of carbonyl (C=O) groups excluding carboxylic acids is 1. The van der Waals surface area contributed by atoms with E-state index in [9.17, 15) is 14.7 Å². The Morgan fingerprint density at radius 2 is 2.10 bits per heavy atom. The van der Waals surface area contributed by atoms with E-state index in [1.165, 1.54) is 0 Å². The van der Waals surface area contributed by atoms with Crippen LogP contribution in [-0.2, 0) is 6.54 Å². The Morgan fingerprint density at radius 1 is 1.40 bits per heavy atom. The summed E-state index contributed by atoms with van der Waals surface area (Å²) in [6, 6.07) is 6.97. The van der Waals surface area contributed by atoms with Crippen LogP contribution in [0.4, 0.5) is 0 Å². The van der Waals surface area contributed by atoms with Gasteiger partial charge in [-0.3, -0.25) is 9.36 Å².